The summed E-state index contributed by atoms with van der Waals surface area (Å²) >= 11 is 2.99. The molecule has 0 amide bonds. The van der Waals surface area contributed by atoms with Crippen molar-refractivity contribution in [1.82, 2.24) is 0 Å². The van der Waals surface area contributed by atoms with Gasteiger partial charge in [0.05, 0.1) is 0 Å². The highest BCUT2D eigenvalue weighted by atomic mass is 32.1. The quantitative estimate of drug-likeness (QED) is 0.732. The summed E-state index contributed by atoms with van der Waals surface area (Å²) in [4.78, 5) is 1.82. The Kier molecular flexibility index (Phi) is 2.93. The highest BCUT2D eigenvalue weighted by Gasteiger charge is 2.17. The molecule has 1 atom stereocenters. The lowest BCUT2D eigenvalue weighted by Crippen LogP contribution is -1.95. The summed E-state index contributed by atoms with van der Waals surface area (Å²) in [6, 6.07) is 8.64. The van der Waals surface area contributed by atoms with Crippen molar-refractivity contribution in [3.05, 3.63) is 56.8 Å². The molecule has 3 rings (SSSR count). The van der Waals surface area contributed by atoms with Crippen LogP contribution in [0.1, 0.15) is 21.4 Å². The monoisotopic (exact) mass is 278 g/mol. The summed E-state index contributed by atoms with van der Waals surface area (Å²) in [5.41, 5.74) is 1.09. The van der Waals surface area contributed by atoms with E-state index in [2.05, 4.69) is 0 Å². The zero-order chi connectivity index (χ0) is 12.7. The van der Waals surface area contributed by atoms with Crippen LogP contribution < -0.4 is 0 Å². The number of benzene rings is 1. The van der Waals surface area contributed by atoms with Gasteiger partial charge in [-0.1, -0.05) is 6.07 Å². The minimum atomic E-state index is -0.606. The third kappa shape index (κ3) is 1.96. The smallest absolute Gasteiger partial charge is 0.124 e. The van der Waals surface area contributed by atoms with Crippen molar-refractivity contribution in [2.45, 2.75) is 13.0 Å². The second-order valence-electron chi connectivity index (χ2n) is 4.20. The molecule has 18 heavy (non-hydrogen) atoms. The van der Waals surface area contributed by atoms with Gasteiger partial charge in [-0.05, 0) is 47.5 Å². The van der Waals surface area contributed by atoms with E-state index in [4.69, 9.17) is 0 Å². The molecule has 1 N–H and O–H groups in total. The Balaban J connectivity index is 2.07. The van der Waals surface area contributed by atoms with E-state index in [-0.39, 0.29) is 5.82 Å². The summed E-state index contributed by atoms with van der Waals surface area (Å²) in [5.74, 6) is -0.238. The Bertz CT molecular complexity index is 699. The normalized spacial score (nSPS) is 13.1. The number of thiophene rings is 2. The molecule has 2 heterocycles. The first kappa shape index (κ1) is 11.8. The number of aryl methyl sites for hydroxylation is 1. The van der Waals surface area contributed by atoms with Gasteiger partial charge in [0.15, 0.2) is 0 Å². The number of hydrogen-bond acceptors (Lipinski definition) is 3. The van der Waals surface area contributed by atoms with Crippen LogP contribution in [0.5, 0.6) is 0 Å². The molecular formula is C14H11FOS2. The number of fused-ring (bicyclic) bond motifs is 1. The standard InChI is InChI=1S/C14H11FOS2/c1-8-4-5-17-14(8)13(16)12-6-9-2-3-10(15)7-11(9)18-12/h2-7,13,16H,1H3. The highest BCUT2D eigenvalue weighted by molar-refractivity contribution is 7.19. The molecule has 0 spiro atoms. The summed E-state index contributed by atoms with van der Waals surface area (Å²) in [6.45, 7) is 1.99. The second-order valence-corrected chi connectivity index (χ2v) is 6.26. The van der Waals surface area contributed by atoms with Crippen molar-refractivity contribution < 1.29 is 9.50 Å². The van der Waals surface area contributed by atoms with Gasteiger partial charge in [-0.3, -0.25) is 0 Å². The average molecular weight is 278 g/mol. The van der Waals surface area contributed by atoms with Crippen LogP contribution in [-0.2, 0) is 0 Å². The van der Waals surface area contributed by atoms with Gasteiger partial charge in [-0.25, -0.2) is 4.39 Å². The Morgan fingerprint density at radius 3 is 2.78 bits per heavy atom. The van der Waals surface area contributed by atoms with Gasteiger partial charge < -0.3 is 5.11 Å². The number of aliphatic hydroxyl groups is 1. The lowest BCUT2D eigenvalue weighted by Gasteiger charge is -2.06. The zero-order valence-corrected chi connectivity index (χ0v) is 11.3. The molecule has 4 heteroatoms. The largest absolute Gasteiger partial charge is 0.382 e. The van der Waals surface area contributed by atoms with E-state index in [1.807, 2.05) is 24.4 Å². The van der Waals surface area contributed by atoms with Crippen LogP contribution in [0.25, 0.3) is 10.1 Å². The molecule has 1 aromatic carbocycles. The molecule has 0 aliphatic rings. The Labute approximate surface area is 112 Å². The molecule has 3 aromatic rings. The predicted molar refractivity (Wildman–Crippen MR) is 74.9 cm³/mol. The lowest BCUT2D eigenvalue weighted by molar-refractivity contribution is 0.227. The molecule has 1 nitrogen and oxygen atoms in total. The fourth-order valence-corrected chi connectivity index (χ4v) is 4.04. The predicted octanol–water partition coefficient (Wildman–Crippen LogP) is 4.49. The van der Waals surface area contributed by atoms with Gasteiger partial charge in [-0.2, -0.15) is 0 Å². The van der Waals surface area contributed by atoms with Gasteiger partial charge in [-0.15, -0.1) is 22.7 Å². The molecule has 0 aliphatic heterocycles. The van der Waals surface area contributed by atoms with Crippen molar-refractivity contribution in [2.24, 2.45) is 0 Å². The molecule has 0 aliphatic carbocycles. The average Bonchev–Trinajstić information content (AvgIpc) is 2.93. The molecule has 0 saturated heterocycles. The van der Waals surface area contributed by atoms with Crippen LogP contribution in [0.4, 0.5) is 4.39 Å². The van der Waals surface area contributed by atoms with Crippen molar-refractivity contribution in [1.29, 1.82) is 0 Å². The van der Waals surface area contributed by atoms with E-state index < -0.39 is 6.10 Å². The van der Waals surface area contributed by atoms with E-state index in [0.29, 0.717) is 0 Å². The Morgan fingerprint density at radius 1 is 1.22 bits per heavy atom. The van der Waals surface area contributed by atoms with E-state index in [9.17, 15) is 9.50 Å². The molecular weight excluding hydrogens is 267 g/mol. The summed E-state index contributed by atoms with van der Waals surface area (Å²) in [6.07, 6.45) is -0.606. The van der Waals surface area contributed by atoms with Crippen molar-refractivity contribution in [3.8, 4) is 0 Å². The number of hydrogen-bond donors (Lipinski definition) is 1. The van der Waals surface area contributed by atoms with E-state index in [1.54, 1.807) is 17.4 Å². The minimum absolute atomic E-state index is 0.238. The zero-order valence-electron chi connectivity index (χ0n) is 9.68. The summed E-state index contributed by atoms with van der Waals surface area (Å²) < 4.78 is 14.0. The first-order chi connectivity index (χ1) is 8.65. The minimum Gasteiger partial charge on any atom is -0.382 e. The first-order valence-electron chi connectivity index (χ1n) is 5.56. The SMILES string of the molecule is Cc1ccsc1C(O)c1cc2ccc(F)cc2s1. The molecule has 1 unspecified atom stereocenters. The van der Waals surface area contributed by atoms with Crippen LogP contribution in [0.3, 0.4) is 0 Å². The molecule has 92 valence electrons. The Morgan fingerprint density at radius 2 is 2.06 bits per heavy atom. The maximum absolute atomic E-state index is 13.1. The van der Waals surface area contributed by atoms with E-state index in [1.165, 1.54) is 23.5 Å². The van der Waals surface area contributed by atoms with Gasteiger partial charge in [0.1, 0.15) is 11.9 Å². The highest BCUT2D eigenvalue weighted by Crippen LogP contribution is 2.36. The summed E-state index contributed by atoms with van der Waals surface area (Å²) in [7, 11) is 0. The van der Waals surface area contributed by atoms with Gasteiger partial charge in [0.2, 0.25) is 0 Å². The fraction of sp³-hybridized carbons (Fsp3) is 0.143. The molecule has 0 fully saturated rings. The van der Waals surface area contributed by atoms with Crippen LogP contribution in [-0.4, -0.2) is 5.11 Å². The maximum Gasteiger partial charge on any atom is 0.124 e. The number of rotatable bonds is 2. The number of aliphatic hydroxyl groups excluding tert-OH is 1. The molecule has 0 bridgehead atoms. The maximum atomic E-state index is 13.1. The van der Waals surface area contributed by atoms with Crippen LogP contribution in [0.15, 0.2) is 35.7 Å². The van der Waals surface area contributed by atoms with Gasteiger partial charge >= 0.3 is 0 Å². The van der Waals surface area contributed by atoms with Crippen molar-refractivity contribution in [2.75, 3.05) is 0 Å². The molecule has 0 radical (unpaired) electrons. The van der Waals surface area contributed by atoms with Crippen molar-refractivity contribution >= 4 is 32.8 Å². The van der Waals surface area contributed by atoms with Crippen molar-refractivity contribution in [3.63, 3.8) is 0 Å². The first-order valence-corrected chi connectivity index (χ1v) is 7.26. The van der Waals surface area contributed by atoms with Gasteiger partial charge in [0.25, 0.3) is 0 Å². The van der Waals surface area contributed by atoms with Crippen LogP contribution in [0.2, 0.25) is 0 Å². The van der Waals surface area contributed by atoms with Crippen LogP contribution >= 0.6 is 22.7 Å². The van der Waals surface area contributed by atoms with E-state index >= 15 is 0 Å². The number of halogens is 1. The second kappa shape index (κ2) is 4.46. The Hall–Kier alpha value is -1.23. The van der Waals surface area contributed by atoms with Crippen LogP contribution in [0, 0.1) is 12.7 Å². The third-order valence-electron chi connectivity index (χ3n) is 2.92. The molecule has 2 aromatic heterocycles. The molecule has 0 saturated carbocycles. The lowest BCUT2D eigenvalue weighted by atomic mass is 10.1. The van der Waals surface area contributed by atoms with Gasteiger partial charge in [0, 0.05) is 14.5 Å². The fourth-order valence-electron chi connectivity index (χ4n) is 1.95. The van der Waals surface area contributed by atoms with E-state index in [0.717, 1.165) is 25.4 Å². The summed E-state index contributed by atoms with van der Waals surface area (Å²) in [5, 5.41) is 13.3. The third-order valence-corrected chi connectivity index (χ3v) is 5.14. The topological polar surface area (TPSA) is 20.2 Å².